The van der Waals surface area contributed by atoms with Crippen LogP contribution in [0.1, 0.15) is 6.42 Å². The van der Waals surface area contributed by atoms with E-state index in [0.29, 0.717) is 12.4 Å². The van der Waals surface area contributed by atoms with Crippen molar-refractivity contribution in [1.82, 2.24) is 5.32 Å². The SMILES string of the molecule is O=C(COc1cc(Br)cc(I)c1)NC1CCOC1. The Bertz CT molecular complexity index is 415. The predicted molar refractivity (Wildman–Crippen MR) is 79.7 cm³/mol. The highest BCUT2D eigenvalue weighted by Gasteiger charge is 2.17. The third-order valence-electron chi connectivity index (χ3n) is 2.50. The van der Waals surface area contributed by atoms with Crippen LogP contribution in [0.25, 0.3) is 0 Å². The second-order valence-electron chi connectivity index (χ2n) is 4.02. The number of carbonyl (C=O) groups excluding carboxylic acids is 1. The standard InChI is InChI=1S/C12H13BrINO3/c13-8-3-9(14)5-11(4-8)18-7-12(16)15-10-1-2-17-6-10/h3-5,10H,1-2,6-7H2,(H,15,16). The number of amides is 1. The van der Waals surface area contributed by atoms with E-state index in [-0.39, 0.29) is 18.6 Å². The van der Waals surface area contributed by atoms with Crippen molar-refractivity contribution in [3.05, 3.63) is 26.2 Å². The first kappa shape index (κ1) is 14.1. The third-order valence-corrected chi connectivity index (χ3v) is 3.58. The normalized spacial score (nSPS) is 18.7. The van der Waals surface area contributed by atoms with Crippen molar-refractivity contribution in [2.75, 3.05) is 19.8 Å². The highest BCUT2D eigenvalue weighted by atomic mass is 127. The summed E-state index contributed by atoms with van der Waals surface area (Å²) in [5, 5.41) is 2.88. The van der Waals surface area contributed by atoms with E-state index in [2.05, 4.69) is 43.8 Å². The van der Waals surface area contributed by atoms with Gasteiger partial charge in [0.05, 0.1) is 12.6 Å². The average molecular weight is 426 g/mol. The molecule has 1 heterocycles. The lowest BCUT2D eigenvalue weighted by Crippen LogP contribution is -2.38. The van der Waals surface area contributed by atoms with Gasteiger partial charge in [-0.3, -0.25) is 4.79 Å². The van der Waals surface area contributed by atoms with Crippen LogP contribution in [0.3, 0.4) is 0 Å². The minimum absolute atomic E-state index is 0.0308. The van der Waals surface area contributed by atoms with Crippen molar-refractivity contribution in [2.24, 2.45) is 0 Å². The van der Waals surface area contributed by atoms with E-state index in [1.165, 1.54) is 0 Å². The number of rotatable bonds is 4. The van der Waals surface area contributed by atoms with Gasteiger partial charge in [-0.1, -0.05) is 15.9 Å². The Labute approximate surface area is 128 Å². The minimum atomic E-state index is -0.111. The molecule has 1 aliphatic rings. The quantitative estimate of drug-likeness (QED) is 0.753. The van der Waals surface area contributed by atoms with Crippen LogP contribution in [0.5, 0.6) is 5.75 Å². The third kappa shape index (κ3) is 4.40. The van der Waals surface area contributed by atoms with Crippen LogP contribution in [0, 0.1) is 3.57 Å². The van der Waals surface area contributed by atoms with E-state index in [1.54, 1.807) is 0 Å². The van der Waals surface area contributed by atoms with E-state index in [9.17, 15) is 4.79 Å². The van der Waals surface area contributed by atoms with E-state index < -0.39 is 0 Å². The Kier molecular flexibility index (Phi) is 5.25. The first-order chi connectivity index (χ1) is 8.63. The summed E-state index contributed by atoms with van der Waals surface area (Å²) in [5.74, 6) is 0.576. The van der Waals surface area contributed by atoms with Gasteiger partial charge in [-0.25, -0.2) is 0 Å². The minimum Gasteiger partial charge on any atom is -0.484 e. The fourth-order valence-electron chi connectivity index (χ4n) is 1.68. The molecule has 4 nitrogen and oxygen atoms in total. The van der Waals surface area contributed by atoms with Crippen LogP contribution in [0.15, 0.2) is 22.7 Å². The van der Waals surface area contributed by atoms with Crippen molar-refractivity contribution in [1.29, 1.82) is 0 Å². The van der Waals surface area contributed by atoms with Gasteiger partial charge in [0.2, 0.25) is 0 Å². The number of hydrogen-bond donors (Lipinski definition) is 1. The van der Waals surface area contributed by atoms with Gasteiger partial charge >= 0.3 is 0 Å². The number of carbonyl (C=O) groups is 1. The molecule has 1 atom stereocenters. The fourth-order valence-corrected chi connectivity index (χ4v) is 3.22. The molecule has 6 heteroatoms. The molecule has 0 radical (unpaired) electrons. The zero-order chi connectivity index (χ0) is 13.0. The number of ether oxygens (including phenoxy) is 2. The number of hydrogen-bond acceptors (Lipinski definition) is 3. The van der Waals surface area contributed by atoms with Crippen LogP contribution in [0.2, 0.25) is 0 Å². The second kappa shape index (κ2) is 6.72. The van der Waals surface area contributed by atoms with Crippen LogP contribution < -0.4 is 10.1 Å². The Morgan fingerprint density at radius 2 is 2.39 bits per heavy atom. The molecule has 1 aromatic carbocycles. The monoisotopic (exact) mass is 425 g/mol. The zero-order valence-electron chi connectivity index (χ0n) is 9.62. The molecule has 0 aliphatic carbocycles. The van der Waals surface area contributed by atoms with Crippen molar-refractivity contribution in [3.63, 3.8) is 0 Å². The van der Waals surface area contributed by atoms with Crippen LogP contribution in [0.4, 0.5) is 0 Å². The summed E-state index contributed by atoms with van der Waals surface area (Å²) >= 11 is 5.59. The average Bonchev–Trinajstić information content (AvgIpc) is 2.78. The van der Waals surface area contributed by atoms with Crippen molar-refractivity contribution < 1.29 is 14.3 Å². The number of benzene rings is 1. The summed E-state index contributed by atoms with van der Waals surface area (Å²) in [6.07, 6.45) is 0.876. The zero-order valence-corrected chi connectivity index (χ0v) is 13.4. The second-order valence-corrected chi connectivity index (χ2v) is 6.18. The van der Waals surface area contributed by atoms with Gasteiger partial charge in [-0.2, -0.15) is 0 Å². The molecule has 1 aliphatic heterocycles. The Morgan fingerprint density at radius 3 is 3.06 bits per heavy atom. The van der Waals surface area contributed by atoms with E-state index in [1.807, 2.05) is 18.2 Å². The van der Waals surface area contributed by atoms with Gasteiger partial charge in [0.15, 0.2) is 6.61 Å². The summed E-state index contributed by atoms with van der Waals surface area (Å²) < 4.78 is 12.6. The lowest BCUT2D eigenvalue weighted by atomic mass is 10.2. The maximum absolute atomic E-state index is 11.6. The number of halogens is 2. The van der Waals surface area contributed by atoms with Crippen LogP contribution in [-0.4, -0.2) is 31.8 Å². The summed E-state index contributed by atoms with van der Waals surface area (Å²) in [4.78, 5) is 11.6. The van der Waals surface area contributed by atoms with Gasteiger partial charge in [-0.15, -0.1) is 0 Å². The molecule has 1 N–H and O–H groups in total. The molecular formula is C12H13BrINO3. The molecule has 2 rings (SSSR count). The van der Waals surface area contributed by atoms with Crippen LogP contribution >= 0.6 is 38.5 Å². The Balaban J connectivity index is 1.81. The van der Waals surface area contributed by atoms with Gasteiger partial charge in [0.25, 0.3) is 5.91 Å². The first-order valence-electron chi connectivity index (χ1n) is 5.59. The number of nitrogens with one attached hydrogen (secondary N) is 1. The molecule has 98 valence electrons. The van der Waals surface area contributed by atoms with Crippen LogP contribution in [-0.2, 0) is 9.53 Å². The largest absolute Gasteiger partial charge is 0.484 e. The maximum atomic E-state index is 11.6. The molecule has 18 heavy (non-hydrogen) atoms. The van der Waals surface area contributed by atoms with Crippen molar-refractivity contribution in [2.45, 2.75) is 12.5 Å². The summed E-state index contributed by atoms with van der Waals surface area (Å²) in [6, 6.07) is 5.83. The summed E-state index contributed by atoms with van der Waals surface area (Å²) in [5.41, 5.74) is 0. The Morgan fingerprint density at radius 1 is 1.56 bits per heavy atom. The topological polar surface area (TPSA) is 47.6 Å². The fraction of sp³-hybridized carbons (Fsp3) is 0.417. The molecule has 1 fully saturated rings. The highest BCUT2D eigenvalue weighted by molar-refractivity contribution is 14.1. The molecule has 1 amide bonds. The predicted octanol–water partition coefficient (Wildman–Crippen LogP) is 2.34. The lowest BCUT2D eigenvalue weighted by molar-refractivity contribution is -0.123. The van der Waals surface area contributed by atoms with Gasteiger partial charge in [0.1, 0.15) is 5.75 Å². The lowest BCUT2D eigenvalue weighted by Gasteiger charge is -2.11. The highest BCUT2D eigenvalue weighted by Crippen LogP contribution is 2.22. The maximum Gasteiger partial charge on any atom is 0.258 e. The van der Waals surface area contributed by atoms with Crippen molar-refractivity contribution in [3.8, 4) is 5.75 Å². The summed E-state index contributed by atoms with van der Waals surface area (Å²) in [6.45, 7) is 1.35. The van der Waals surface area contributed by atoms with E-state index in [4.69, 9.17) is 9.47 Å². The van der Waals surface area contributed by atoms with Gasteiger partial charge in [-0.05, 0) is 47.2 Å². The smallest absolute Gasteiger partial charge is 0.258 e. The molecule has 0 bridgehead atoms. The first-order valence-corrected chi connectivity index (χ1v) is 7.46. The van der Waals surface area contributed by atoms with E-state index >= 15 is 0 Å². The van der Waals surface area contributed by atoms with E-state index in [0.717, 1.165) is 21.1 Å². The Hall–Kier alpha value is -0.340. The molecule has 0 aromatic heterocycles. The molecule has 0 spiro atoms. The van der Waals surface area contributed by atoms with Gasteiger partial charge < -0.3 is 14.8 Å². The molecule has 1 saturated heterocycles. The molecule has 1 aromatic rings. The summed E-state index contributed by atoms with van der Waals surface area (Å²) in [7, 11) is 0. The van der Waals surface area contributed by atoms with Crippen molar-refractivity contribution >= 4 is 44.4 Å². The molecule has 0 saturated carbocycles. The van der Waals surface area contributed by atoms with Gasteiger partial charge in [0, 0.05) is 14.6 Å². The molecule has 1 unspecified atom stereocenters. The molecular weight excluding hydrogens is 413 g/mol.